The molecule has 0 bridgehead atoms. The molecule has 29 heavy (non-hydrogen) atoms. The van der Waals surface area contributed by atoms with Crippen LogP contribution in [0.4, 0.5) is 0 Å². The van der Waals surface area contributed by atoms with Gasteiger partial charge in [0.15, 0.2) is 5.82 Å². The van der Waals surface area contributed by atoms with Crippen LogP contribution in [-0.2, 0) is 6.61 Å². The number of thioether (sulfide) groups is 1. The average Bonchev–Trinajstić information content (AvgIpc) is 3.18. The number of fused-ring (bicyclic) bond motifs is 1. The SMILES string of the molecule is COc1ccc2ccccc2c1/C=N\n1c(COc2ccccc2)nnc1SC. The lowest BCUT2D eigenvalue weighted by molar-refractivity contribution is 0.290. The van der Waals surface area contributed by atoms with Crippen LogP contribution in [-0.4, -0.2) is 34.5 Å². The Morgan fingerprint density at radius 1 is 1.00 bits per heavy atom. The lowest BCUT2D eigenvalue weighted by Gasteiger charge is -2.09. The zero-order chi connectivity index (χ0) is 20.1. The fraction of sp³-hybridized carbons (Fsp3) is 0.136. The van der Waals surface area contributed by atoms with Gasteiger partial charge in [0.05, 0.1) is 13.3 Å². The van der Waals surface area contributed by atoms with Gasteiger partial charge in [-0.2, -0.15) is 9.78 Å². The number of hydrogen-bond acceptors (Lipinski definition) is 6. The molecular weight excluding hydrogens is 384 g/mol. The maximum absolute atomic E-state index is 5.83. The lowest BCUT2D eigenvalue weighted by atomic mass is 10.0. The van der Waals surface area contributed by atoms with E-state index >= 15 is 0 Å². The summed E-state index contributed by atoms with van der Waals surface area (Å²) in [6, 6.07) is 21.7. The fourth-order valence-corrected chi connectivity index (χ4v) is 3.44. The van der Waals surface area contributed by atoms with Crippen LogP contribution in [0.25, 0.3) is 10.8 Å². The third kappa shape index (κ3) is 4.09. The summed E-state index contributed by atoms with van der Waals surface area (Å²) in [5.74, 6) is 2.15. The number of hydrogen-bond donors (Lipinski definition) is 0. The van der Waals surface area contributed by atoms with Gasteiger partial charge in [0.2, 0.25) is 5.16 Å². The number of ether oxygens (including phenoxy) is 2. The van der Waals surface area contributed by atoms with Gasteiger partial charge in [-0.15, -0.1) is 10.2 Å². The highest BCUT2D eigenvalue weighted by atomic mass is 32.2. The van der Waals surface area contributed by atoms with E-state index in [1.807, 2.05) is 60.9 Å². The predicted molar refractivity (Wildman–Crippen MR) is 116 cm³/mol. The van der Waals surface area contributed by atoms with Gasteiger partial charge in [-0.3, -0.25) is 0 Å². The average molecular weight is 404 g/mol. The molecule has 0 aliphatic rings. The number of methoxy groups -OCH3 is 1. The van der Waals surface area contributed by atoms with E-state index < -0.39 is 0 Å². The summed E-state index contributed by atoms with van der Waals surface area (Å²) in [6.07, 6.45) is 3.73. The smallest absolute Gasteiger partial charge is 0.211 e. The standard InChI is InChI=1S/C22H20N4O2S/c1-27-20-13-12-16-8-6-7-11-18(16)19(20)14-23-26-21(24-25-22(26)29-2)15-28-17-9-4-3-5-10-17/h3-14H,15H2,1-2H3/b23-14-. The molecule has 0 amide bonds. The first kappa shape index (κ1) is 19.0. The van der Waals surface area contributed by atoms with E-state index in [2.05, 4.69) is 27.4 Å². The van der Waals surface area contributed by atoms with Crippen LogP contribution >= 0.6 is 11.8 Å². The number of rotatable bonds is 7. The van der Waals surface area contributed by atoms with Crippen LogP contribution in [0.2, 0.25) is 0 Å². The fourth-order valence-electron chi connectivity index (χ4n) is 3.00. The Morgan fingerprint density at radius 3 is 2.59 bits per heavy atom. The number of para-hydroxylation sites is 1. The summed E-state index contributed by atoms with van der Waals surface area (Å²) >= 11 is 1.48. The highest BCUT2D eigenvalue weighted by molar-refractivity contribution is 7.98. The molecule has 4 aromatic rings. The van der Waals surface area contributed by atoms with Gasteiger partial charge in [-0.25, -0.2) is 0 Å². The second kappa shape index (κ2) is 8.79. The van der Waals surface area contributed by atoms with Crippen LogP contribution in [0.3, 0.4) is 0 Å². The van der Waals surface area contributed by atoms with E-state index in [1.165, 1.54) is 11.8 Å². The minimum absolute atomic E-state index is 0.265. The van der Waals surface area contributed by atoms with Gasteiger partial charge in [0.25, 0.3) is 0 Å². The minimum atomic E-state index is 0.265. The highest BCUT2D eigenvalue weighted by Crippen LogP contribution is 2.27. The monoisotopic (exact) mass is 404 g/mol. The largest absolute Gasteiger partial charge is 0.496 e. The Kier molecular flexibility index (Phi) is 5.76. The zero-order valence-corrected chi connectivity index (χ0v) is 17.0. The van der Waals surface area contributed by atoms with E-state index in [4.69, 9.17) is 9.47 Å². The van der Waals surface area contributed by atoms with E-state index in [0.29, 0.717) is 11.0 Å². The number of benzene rings is 3. The summed E-state index contributed by atoms with van der Waals surface area (Å²) in [7, 11) is 1.66. The molecule has 1 aromatic heterocycles. The molecule has 146 valence electrons. The Hall–Kier alpha value is -3.32. The molecule has 0 spiro atoms. The maximum atomic E-state index is 5.83. The molecule has 3 aromatic carbocycles. The van der Waals surface area contributed by atoms with E-state index in [1.54, 1.807) is 18.0 Å². The molecule has 6 nitrogen and oxygen atoms in total. The van der Waals surface area contributed by atoms with Gasteiger partial charge >= 0.3 is 0 Å². The first-order valence-electron chi connectivity index (χ1n) is 9.06. The van der Waals surface area contributed by atoms with Crippen molar-refractivity contribution in [1.82, 2.24) is 14.9 Å². The van der Waals surface area contributed by atoms with Crippen LogP contribution < -0.4 is 9.47 Å². The molecule has 0 saturated heterocycles. The molecule has 1 heterocycles. The summed E-state index contributed by atoms with van der Waals surface area (Å²) in [6.45, 7) is 0.265. The summed E-state index contributed by atoms with van der Waals surface area (Å²) in [5, 5.41) is 16.0. The van der Waals surface area contributed by atoms with Gasteiger partial charge in [-0.05, 0) is 35.2 Å². The highest BCUT2D eigenvalue weighted by Gasteiger charge is 2.12. The van der Waals surface area contributed by atoms with Crippen molar-refractivity contribution in [3.05, 3.63) is 78.1 Å². The van der Waals surface area contributed by atoms with Gasteiger partial charge in [0.1, 0.15) is 18.1 Å². The Balaban J connectivity index is 1.68. The van der Waals surface area contributed by atoms with E-state index in [9.17, 15) is 0 Å². The zero-order valence-electron chi connectivity index (χ0n) is 16.1. The summed E-state index contributed by atoms with van der Waals surface area (Å²) in [4.78, 5) is 0. The van der Waals surface area contributed by atoms with Crippen LogP contribution in [0.1, 0.15) is 11.4 Å². The van der Waals surface area contributed by atoms with Crippen molar-refractivity contribution in [2.75, 3.05) is 13.4 Å². The Bertz CT molecular complexity index is 1140. The predicted octanol–water partition coefficient (Wildman–Crippen LogP) is 4.62. The van der Waals surface area contributed by atoms with Gasteiger partial charge in [-0.1, -0.05) is 60.3 Å². The van der Waals surface area contributed by atoms with Crippen molar-refractivity contribution in [3.8, 4) is 11.5 Å². The Labute approximate surface area is 173 Å². The molecule has 0 saturated carbocycles. The van der Waals surface area contributed by atoms with Crippen LogP contribution in [0.15, 0.2) is 77.0 Å². The Morgan fingerprint density at radius 2 is 1.79 bits per heavy atom. The molecule has 0 N–H and O–H groups in total. The van der Waals surface area contributed by atoms with Gasteiger partial charge < -0.3 is 9.47 Å². The first-order chi connectivity index (χ1) is 14.3. The van der Waals surface area contributed by atoms with Crippen molar-refractivity contribution in [2.45, 2.75) is 11.8 Å². The topological polar surface area (TPSA) is 61.5 Å². The second-order valence-corrected chi connectivity index (χ2v) is 6.94. The van der Waals surface area contributed by atoms with Crippen LogP contribution in [0.5, 0.6) is 11.5 Å². The molecular formula is C22H20N4O2S. The minimum Gasteiger partial charge on any atom is -0.496 e. The van der Waals surface area contributed by atoms with Crippen molar-refractivity contribution >= 4 is 28.7 Å². The summed E-state index contributed by atoms with van der Waals surface area (Å²) < 4.78 is 13.1. The normalized spacial score (nSPS) is 11.2. The molecule has 0 radical (unpaired) electrons. The van der Waals surface area contributed by atoms with Crippen molar-refractivity contribution in [1.29, 1.82) is 0 Å². The van der Waals surface area contributed by atoms with E-state index in [0.717, 1.165) is 27.8 Å². The molecule has 4 rings (SSSR count). The third-order valence-electron chi connectivity index (χ3n) is 4.42. The second-order valence-electron chi connectivity index (χ2n) is 6.16. The number of nitrogens with zero attached hydrogens (tertiary/aromatic N) is 4. The quantitative estimate of drug-likeness (QED) is 0.332. The molecule has 0 aliphatic carbocycles. The molecule has 0 aliphatic heterocycles. The number of aromatic nitrogens is 3. The van der Waals surface area contributed by atoms with Crippen molar-refractivity contribution in [3.63, 3.8) is 0 Å². The first-order valence-corrected chi connectivity index (χ1v) is 10.3. The van der Waals surface area contributed by atoms with Crippen molar-refractivity contribution < 1.29 is 9.47 Å². The lowest BCUT2D eigenvalue weighted by Crippen LogP contribution is -2.05. The summed E-state index contributed by atoms with van der Waals surface area (Å²) in [5.41, 5.74) is 0.904. The molecule has 0 unspecified atom stereocenters. The maximum Gasteiger partial charge on any atom is 0.211 e. The van der Waals surface area contributed by atoms with E-state index in [-0.39, 0.29) is 6.61 Å². The molecule has 0 fully saturated rings. The van der Waals surface area contributed by atoms with Crippen molar-refractivity contribution in [2.24, 2.45) is 5.10 Å². The van der Waals surface area contributed by atoms with Crippen LogP contribution in [0, 0.1) is 0 Å². The third-order valence-corrected chi connectivity index (χ3v) is 5.04. The molecule has 7 heteroatoms. The van der Waals surface area contributed by atoms with Gasteiger partial charge in [0, 0.05) is 5.56 Å². The molecule has 0 atom stereocenters.